The predicted octanol–water partition coefficient (Wildman–Crippen LogP) is -3.90. The maximum absolute atomic E-state index is 14.5. The SMILES string of the molecule is CC[C@@H](C)C(NC(=O)C(Cc1cnc[nH]1)NC(=O)CNC(=O)[C@@H](NC(=O)[C@H](C)NC(=O)C(Cc1c[nH]c2ccccc12)NC(=O)C(CCC(N)=O)NC(=O)c1ccc(NC(=O)CNC(=O)CC(C(=O)O)N2CCN(CC(=O)O)CCN(CC(=O)O)CCN(CC(=O)O)CC2)cc1)C(C)C)C(=O)NC(CCSC)C(N)=O. The number of nitrogens with two attached hydrogens (primary N) is 2. The van der Waals surface area contributed by atoms with Crippen molar-refractivity contribution in [2.24, 2.45) is 23.3 Å². The summed E-state index contributed by atoms with van der Waals surface area (Å²) < 4.78 is 0. The van der Waals surface area contributed by atoms with Gasteiger partial charge in [-0.3, -0.25) is 96.3 Å². The number of nitrogens with zero attached hydrogens (tertiary/aromatic N) is 5. The predicted molar refractivity (Wildman–Crippen MR) is 399 cm³/mol. The lowest BCUT2D eigenvalue weighted by atomic mass is 9.97. The Bertz CT molecular complexity index is 3830. The Morgan fingerprint density at radius 3 is 1.66 bits per heavy atom. The van der Waals surface area contributed by atoms with Crippen molar-refractivity contribution in [3.63, 3.8) is 0 Å². The molecule has 0 bridgehead atoms. The van der Waals surface area contributed by atoms with Crippen LogP contribution in [0.5, 0.6) is 0 Å². The van der Waals surface area contributed by atoms with Crippen molar-refractivity contribution in [3.05, 3.63) is 84.1 Å². The Kier molecular flexibility index (Phi) is 36.6. The van der Waals surface area contributed by atoms with Gasteiger partial charge in [-0.2, -0.15) is 11.8 Å². The van der Waals surface area contributed by atoms with Crippen LogP contribution in [0, 0.1) is 11.8 Å². The number of H-pyrrole nitrogens is 2. The Morgan fingerprint density at radius 1 is 0.564 bits per heavy atom. The molecule has 0 aliphatic carbocycles. The topological polar surface area (TPSA) is 584 Å². The number of aromatic amines is 2. The van der Waals surface area contributed by atoms with Crippen molar-refractivity contribution in [2.75, 3.05) is 102 Å². The van der Waals surface area contributed by atoms with Gasteiger partial charge in [0.25, 0.3) is 5.91 Å². The molecule has 0 spiro atoms. The van der Waals surface area contributed by atoms with Gasteiger partial charge < -0.3 is 95.0 Å². The third-order valence-electron chi connectivity index (χ3n) is 18.1. The minimum Gasteiger partial charge on any atom is -0.480 e. The number of hydrogen-bond donors (Lipinski definition) is 18. The number of thioether (sulfide) groups is 1. The van der Waals surface area contributed by atoms with Gasteiger partial charge in [0.1, 0.15) is 48.3 Å². The van der Waals surface area contributed by atoms with E-state index in [1.807, 2.05) is 6.26 Å². The van der Waals surface area contributed by atoms with Crippen LogP contribution in [0.15, 0.2) is 67.3 Å². The molecule has 1 aliphatic heterocycles. The second-order valence-electron chi connectivity index (χ2n) is 26.9. The molecule has 6 unspecified atom stereocenters. The number of benzene rings is 2. The van der Waals surface area contributed by atoms with Crippen molar-refractivity contribution >= 4 is 123 Å². The molecule has 4 aromatic rings. The van der Waals surface area contributed by atoms with Crippen LogP contribution in [-0.4, -0.2) is 295 Å². The molecule has 0 saturated carbocycles. The van der Waals surface area contributed by atoms with Gasteiger partial charge in [-0.25, -0.2) is 4.98 Å². The minimum atomic E-state index is -1.54. The van der Waals surface area contributed by atoms with Crippen LogP contribution >= 0.6 is 11.8 Å². The molecule has 2 aromatic carbocycles. The summed E-state index contributed by atoms with van der Waals surface area (Å²) in [6, 6.07) is 1.41. The second-order valence-corrected chi connectivity index (χ2v) is 27.8. The summed E-state index contributed by atoms with van der Waals surface area (Å²) >= 11 is 1.45. The van der Waals surface area contributed by atoms with Gasteiger partial charge in [0.05, 0.1) is 45.5 Å². The molecule has 40 heteroatoms. The summed E-state index contributed by atoms with van der Waals surface area (Å²) in [5.74, 6) is -15.6. The highest BCUT2D eigenvalue weighted by Gasteiger charge is 2.36. The van der Waals surface area contributed by atoms with Gasteiger partial charge in [0.2, 0.25) is 65.0 Å². The molecule has 20 N–H and O–H groups in total. The highest BCUT2D eigenvalue weighted by molar-refractivity contribution is 7.98. The summed E-state index contributed by atoms with van der Waals surface area (Å²) in [7, 11) is 0. The number of nitrogens with one attached hydrogen (secondary N) is 12. The number of para-hydroxylation sites is 1. The smallest absolute Gasteiger partial charge is 0.321 e. The molecular weight excluding hydrogens is 1460 g/mol. The Labute approximate surface area is 637 Å². The fourth-order valence-corrected chi connectivity index (χ4v) is 12.2. The average molecular weight is 1560 g/mol. The maximum Gasteiger partial charge on any atom is 0.321 e. The lowest BCUT2D eigenvalue weighted by Gasteiger charge is -2.35. The molecule has 39 nitrogen and oxygen atoms in total. The van der Waals surface area contributed by atoms with Crippen molar-refractivity contribution in [3.8, 4) is 0 Å². The molecule has 2 aromatic heterocycles. The monoisotopic (exact) mass is 1560 g/mol. The van der Waals surface area contributed by atoms with Crippen LogP contribution in [0.4, 0.5) is 5.69 Å². The summed E-state index contributed by atoms with van der Waals surface area (Å²) in [6.45, 7) is 5.33. The molecule has 0 radical (unpaired) electrons. The first kappa shape index (κ1) is 89.5. The number of aliphatic carboxylic acids is 4. The number of aromatic nitrogens is 3. The van der Waals surface area contributed by atoms with Gasteiger partial charge in [-0.1, -0.05) is 52.3 Å². The van der Waals surface area contributed by atoms with E-state index in [1.54, 1.807) is 58.2 Å². The fraction of sp³-hybridized carbons (Fsp3) is 0.529. The number of fused-ring (bicyclic) bond motifs is 1. The summed E-state index contributed by atoms with van der Waals surface area (Å²) in [5, 5.41) is 65.4. The lowest BCUT2D eigenvalue weighted by molar-refractivity contribution is -0.146. The first-order valence-electron chi connectivity index (χ1n) is 35.6. The normalized spacial score (nSPS) is 15.8. The summed E-state index contributed by atoms with van der Waals surface area (Å²) in [5.41, 5.74) is 12.8. The Balaban J connectivity index is 1.23. The van der Waals surface area contributed by atoms with E-state index in [9.17, 15) is 97.1 Å². The summed E-state index contributed by atoms with van der Waals surface area (Å²) in [6.07, 6.45) is 5.06. The third kappa shape index (κ3) is 30.5. The van der Waals surface area contributed by atoms with Crippen LogP contribution in [0.25, 0.3) is 10.9 Å². The molecular formula is C70H101N19O20S. The number of carboxylic acids is 4. The number of carbonyl (C=O) groups excluding carboxylic acids is 12. The number of carbonyl (C=O) groups is 16. The zero-order chi connectivity index (χ0) is 81.3. The lowest BCUT2D eigenvalue weighted by Crippen LogP contribution is -2.60. The number of amides is 12. The van der Waals surface area contributed by atoms with Gasteiger partial charge in [-0.15, -0.1) is 0 Å². The van der Waals surface area contributed by atoms with E-state index in [-0.39, 0.29) is 89.3 Å². The highest BCUT2D eigenvalue weighted by atomic mass is 32.2. The van der Waals surface area contributed by atoms with Crippen LogP contribution in [-0.2, 0) is 84.8 Å². The molecule has 5 rings (SSSR count). The van der Waals surface area contributed by atoms with E-state index < -0.39 is 200 Å². The number of imidazole rings is 1. The number of hydrogen-bond acceptors (Lipinski definition) is 22. The van der Waals surface area contributed by atoms with Crippen LogP contribution in [0.1, 0.15) is 88.3 Å². The minimum absolute atomic E-state index is 0.0337. The molecule has 1 aliphatic rings. The molecule has 12 amide bonds. The number of carboxylic acid groups (broad SMARTS) is 4. The molecule has 1 fully saturated rings. The molecule has 3 heterocycles. The standard InChI is InChI=1S/C70H101N19O20S/c1-7-40(4)61(69(107)81-48(62(72)100)18-27-110-6)85-67(105)51(29-45-32-73-38-77-45)80-56(93)34-76-68(106)60(39(2)3)84-63(101)41(5)78-66(104)50(28-43-31-74-47-11-9-8-10-46(43)47)83-65(103)49(16-17-53(71)90)82-64(102)42-12-14-44(15-13-42)79-55(92)33-75-54(91)30-52(70(108)109)89-25-23-87(36-58(96)97)21-19-86(35-57(94)95)20-22-88(24-26-89)37-59(98)99/h8-15,31-32,38-41,48-52,60-61,74H,7,16-30,33-37H2,1-6H3,(H2,71,90)(H2,72,100)(H,73,77)(H,75,91)(H,76,106)(H,78,104)(H,79,92)(H,80,93)(H,81,107)(H,82,102)(H,83,103)(H,84,101)(H,85,105)(H,94,95)(H,96,97)(H,98,99)(H,108,109)/t40-,41+,48?,49?,50?,51?,52?,60+,61?/m1/s1. The van der Waals surface area contributed by atoms with E-state index >= 15 is 0 Å². The number of rotatable bonds is 43. The number of anilines is 1. The molecule has 1 saturated heterocycles. The van der Waals surface area contributed by atoms with E-state index in [2.05, 4.69) is 68.1 Å². The quantitative estimate of drug-likeness (QED) is 0.0201. The first-order chi connectivity index (χ1) is 52.1. The maximum atomic E-state index is 14.5. The van der Waals surface area contributed by atoms with Crippen LogP contribution < -0.4 is 64.6 Å². The van der Waals surface area contributed by atoms with Crippen molar-refractivity contribution in [1.29, 1.82) is 0 Å². The van der Waals surface area contributed by atoms with Gasteiger partial charge in [-0.05, 0) is 79.5 Å². The fourth-order valence-electron chi connectivity index (χ4n) is 11.7. The Hall–Kier alpha value is -11.1. The third-order valence-corrected chi connectivity index (χ3v) is 18.7. The summed E-state index contributed by atoms with van der Waals surface area (Å²) in [4.78, 5) is 226. The van der Waals surface area contributed by atoms with E-state index in [4.69, 9.17) is 11.5 Å². The van der Waals surface area contributed by atoms with Crippen molar-refractivity contribution in [2.45, 2.75) is 128 Å². The van der Waals surface area contributed by atoms with Crippen LogP contribution in [0.3, 0.4) is 0 Å². The Morgan fingerprint density at radius 2 is 1.12 bits per heavy atom. The first-order valence-corrected chi connectivity index (χ1v) is 37.0. The second kappa shape index (κ2) is 45.0. The van der Waals surface area contributed by atoms with Crippen molar-refractivity contribution < 1.29 is 97.1 Å². The van der Waals surface area contributed by atoms with Gasteiger partial charge in [0, 0.05) is 112 Å². The molecule has 602 valence electrons. The van der Waals surface area contributed by atoms with Crippen LogP contribution in [0.2, 0.25) is 0 Å². The molecule has 110 heavy (non-hydrogen) atoms. The zero-order valence-electron chi connectivity index (χ0n) is 62.1. The highest BCUT2D eigenvalue weighted by Crippen LogP contribution is 2.21. The van der Waals surface area contributed by atoms with E-state index in [1.165, 1.54) is 75.1 Å². The average Bonchev–Trinajstić information content (AvgIpc) is 1.65. The van der Waals surface area contributed by atoms with Crippen molar-refractivity contribution in [1.82, 2.24) is 82.4 Å². The van der Waals surface area contributed by atoms with Gasteiger partial charge in [0.15, 0.2) is 0 Å². The largest absolute Gasteiger partial charge is 0.480 e. The van der Waals surface area contributed by atoms with E-state index in [0.717, 1.165) is 0 Å². The number of primary amides is 2. The van der Waals surface area contributed by atoms with Gasteiger partial charge >= 0.3 is 23.9 Å². The molecule has 9 atom stereocenters. The van der Waals surface area contributed by atoms with E-state index in [0.29, 0.717) is 34.3 Å². The zero-order valence-corrected chi connectivity index (χ0v) is 62.9.